The Bertz CT molecular complexity index is 635. The highest BCUT2D eigenvalue weighted by atomic mass is 32.2. The second-order valence-electron chi connectivity index (χ2n) is 4.59. The lowest BCUT2D eigenvalue weighted by Crippen LogP contribution is -2.23. The Hall–Kier alpha value is -1.71. The van der Waals surface area contributed by atoms with Gasteiger partial charge < -0.3 is 10.3 Å². The number of nitrogens with one attached hydrogen (secondary N) is 3. The second-order valence-corrected chi connectivity index (χ2v) is 6.36. The number of sulfonamides is 1. The van der Waals surface area contributed by atoms with Crippen LogP contribution in [-0.2, 0) is 23.1 Å². The van der Waals surface area contributed by atoms with Crippen LogP contribution in [0.3, 0.4) is 0 Å². The fourth-order valence-corrected chi connectivity index (χ4v) is 2.70. The number of aromatic amines is 1. The van der Waals surface area contributed by atoms with Gasteiger partial charge in [0.1, 0.15) is 4.90 Å². The molecule has 0 aliphatic carbocycles. The molecule has 0 amide bonds. The van der Waals surface area contributed by atoms with Crippen LogP contribution in [0, 0.1) is 0 Å². The van der Waals surface area contributed by atoms with Crippen LogP contribution in [-0.4, -0.2) is 41.3 Å². The van der Waals surface area contributed by atoms with Crippen LogP contribution in [0.1, 0.15) is 19.0 Å². The largest absolute Gasteiger partial charge is 0.347 e. The summed E-state index contributed by atoms with van der Waals surface area (Å²) in [7, 11) is -3.55. The fourth-order valence-electron chi connectivity index (χ4n) is 1.74. The standard InChI is InChI=1S/C12H20N6O2S/c1-2-3-13-4-5-18-9-12(8-16-18)21(19,20)17-7-11-6-14-10-15-11/h6,8-10,13,17H,2-5,7H2,1H3,(H,14,15). The van der Waals surface area contributed by atoms with Gasteiger partial charge in [0.15, 0.2) is 0 Å². The molecule has 21 heavy (non-hydrogen) atoms. The first-order valence-electron chi connectivity index (χ1n) is 6.82. The van der Waals surface area contributed by atoms with E-state index in [9.17, 15) is 8.42 Å². The van der Waals surface area contributed by atoms with Crippen molar-refractivity contribution in [1.29, 1.82) is 0 Å². The van der Waals surface area contributed by atoms with Crippen LogP contribution in [0.2, 0.25) is 0 Å². The van der Waals surface area contributed by atoms with E-state index in [1.165, 1.54) is 18.7 Å². The van der Waals surface area contributed by atoms with Crippen LogP contribution >= 0.6 is 0 Å². The molecule has 2 aromatic rings. The quantitative estimate of drug-likeness (QED) is 0.569. The van der Waals surface area contributed by atoms with Crippen molar-refractivity contribution < 1.29 is 8.42 Å². The molecule has 0 aliphatic rings. The lowest BCUT2D eigenvalue weighted by atomic mass is 10.5. The maximum Gasteiger partial charge on any atom is 0.244 e. The molecule has 2 aromatic heterocycles. The highest BCUT2D eigenvalue weighted by Gasteiger charge is 2.16. The lowest BCUT2D eigenvalue weighted by Gasteiger charge is -2.04. The molecular weight excluding hydrogens is 292 g/mol. The smallest absolute Gasteiger partial charge is 0.244 e. The monoisotopic (exact) mass is 312 g/mol. The topological polar surface area (TPSA) is 105 Å². The molecule has 0 saturated carbocycles. The first-order valence-corrected chi connectivity index (χ1v) is 8.30. The number of aromatic nitrogens is 4. The van der Waals surface area contributed by atoms with E-state index in [1.54, 1.807) is 10.9 Å². The van der Waals surface area contributed by atoms with Crippen molar-refractivity contribution in [3.63, 3.8) is 0 Å². The van der Waals surface area contributed by atoms with Gasteiger partial charge in [0.2, 0.25) is 10.0 Å². The molecule has 2 heterocycles. The maximum absolute atomic E-state index is 12.1. The van der Waals surface area contributed by atoms with Crippen molar-refractivity contribution in [2.75, 3.05) is 13.1 Å². The number of H-pyrrole nitrogens is 1. The highest BCUT2D eigenvalue weighted by molar-refractivity contribution is 7.89. The zero-order chi connectivity index (χ0) is 15.1. The Balaban J connectivity index is 1.89. The van der Waals surface area contributed by atoms with Gasteiger partial charge in [0.25, 0.3) is 0 Å². The van der Waals surface area contributed by atoms with Crippen molar-refractivity contribution in [1.82, 2.24) is 29.8 Å². The summed E-state index contributed by atoms with van der Waals surface area (Å²) in [5, 5.41) is 7.30. The second kappa shape index (κ2) is 7.34. The van der Waals surface area contributed by atoms with Gasteiger partial charge in [0.05, 0.1) is 25.6 Å². The lowest BCUT2D eigenvalue weighted by molar-refractivity contribution is 0.552. The average Bonchev–Trinajstić information content (AvgIpc) is 3.13. The summed E-state index contributed by atoms with van der Waals surface area (Å²) in [4.78, 5) is 6.84. The minimum Gasteiger partial charge on any atom is -0.347 e. The van der Waals surface area contributed by atoms with E-state index in [0.29, 0.717) is 12.2 Å². The van der Waals surface area contributed by atoms with E-state index in [-0.39, 0.29) is 11.4 Å². The summed E-state index contributed by atoms with van der Waals surface area (Å²) in [6, 6.07) is 0. The summed E-state index contributed by atoms with van der Waals surface area (Å²) in [6.45, 7) is 4.60. The van der Waals surface area contributed by atoms with E-state index >= 15 is 0 Å². The molecule has 0 aromatic carbocycles. The van der Waals surface area contributed by atoms with Crippen LogP contribution in [0.4, 0.5) is 0 Å². The van der Waals surface area contributed by atoms with Crippen LogP contribution in [0.5, 0.6) is 0 Å². The van der Waals surface area contributed by atoms with Crippen LogP contribution < -0.4 is 10.0 Å². The predicted octanol–water partition coefficient (Wildman–Crippen LogP) is 0.0843. The van der Waals surface area contributed by atoms with Gasteiger partial charge in [-0.1, -0.05) is 6.92 Å². The van der Waals surface area contributed by atoms with Crippen molar-refractivity contribution in [3.05, 3.63) is 30.6 Å². The summed E-state index contributed by atoms with van der Waals surface area (Å²) >= 11 is 0. The fraction of sp³-hybridized carbons (Fsp3) is 0.500. The zero-order valence-corrected chi connectivity index (χ0v) is 12.7. The molecule has 8 nitrogen and oxygen atoms in total. The third-order valence-corrected chi connectivity index (χ3v) is 4.23. The summed E-state index contributed by atoms with van der Waals surface area (Å²) in [5.41, 5.74) is 0.703. The van der Waals surface area contributed by atoms with E-state index in [4.69, 9.17) is 0 Å². The third kappa shape index (κ3) is 4.66. The summed E-state index contributed by atoms with van der Waals surface area (Å²) in [5.74, 6) is 0. The Kier molecular flexibility index (Phi) is 5.48. The number of hydrogen-bond acceptors (Lipinski definition) is 5. The molecule has 116 valence electrons. The number of imidazole rings is 1. The molecule has 0 fully saturated rings. The number of rotatable bonds is 9. The van der Waals surface area contributed by atoms with E-state index in [0.717, 1.165) is 19.5 Å². The molecular formula is C12H20N6O2S. The molecule has 0 aliphatic heterocycles. The van der Waals surface area contributed by atoms with Crippen molar-refractivity contribution in [3.8, 4) is 0 Å². The van der Waals surface area contributed by atoms with Gasteiger partial charge >= 0.3 is 0 Å². The molecule has 0 bridgehead atoms. The van der Waals surface area contributed by atoms with Crippen molar-refractivity contribution in [2.45, 2.75) is 31.3 Å². The molecule has 3 N–H and O–H groups in total. The minimum atomic E-state index is -3.55. The van der Waals surface area contributed by atoms with Crippen molar-refractivity contribution >= 4 is 10.0 Å². The molecule has 9 heteroatoms. The number of nitrogens with zero attached hydrogens (tertiary/aromatic N) is 3. The first kappa shape index (κ1) is 15.7. The molecule has 0 saturated heterocycles. The Morgan fingerprint density at radius 1 is 1.33 bits per heavy atom. The molecule has 0 radical (unpaired) electrons. The van der Waals surface area contributed by atoms with Gasteiger partial charge in [-0.05, 0) is 13.0 Å². The SMILES string of the molecule is CCCNCCn1cc(S(=O)(=O)NCc2cnc[nH]2)cn1. The summed E-state index contributed by atoms with van der Waals surface area (Å²) < 4.78 is 28.3. The normalized spacial score (nSPS) is 11.9. The van der Waals surface area contributed by atoms with Crippen LogP contribution in [0.25, 0.3) is 0 Å². The van der Waals surface area contributed by atoms with E-state index < -0.39 is 10.0 Å². The molecule has 0 unspecified atom stereocenters. The van der Waals surface area contributed by atoms with E-state index in [1.807, 2.05) is 0 Å². The first-order chi connectivity index (χ1) is 10.1. The maximum atomic E-state index is 12.1. The molecule has 0 atom stereocenters. The molecule has 0 spiro atoms. The van der Waals surface area contributed by atoms with Gasteiger partial charge in [0, 0.05) is 24.6 Å². The van der Waals surface area contributed by atoms with Gasteiger partial charge in [-0.3, -0.25) is 4.68 Å². The van der Waals surface area contributed by atoms with Crippen molar-refractivity contribution in [2.24, 2.45) is 0 Å². The van der Waals surface area contributed by atoms with Gasteiger partial charge in [-0.15, -0.1) is 0 Å². The molecule has 2 rings (SSSR count). The van der Waals surface area contributed by atoms with Gasteiger partial charge in [-0.25, -0.2) is 18.1 Å². The van der Waals surface area contributed by atoms with Gasteiger partial charge in [-0.2, -0.15) is 5.10 Å². The predicted molar refractivity (Wildman–Crippen MR) is 78.0 cm³/mol. The average molecular weight is 312 g/mol. The highest BCUT2D eigenvalue weighted by Crippen LogP contribution is 2.07. The van der Waals surface area contributed by atoms with Crippen LogP contribution in [0.15, 0.2) is 29.8 Å². The zero-order valence-electron chi connectivity index (χ0n) is 11.9. The Morgan fingerprint density at radius 2 is 2.19 bits per heavy atom. The minimum absolute atomic E-state index is 0.164. The summed E-state index contributed by atoms with van der Waals surface area (Å²) in [6.07, 6.45) is 7.03. The Labute approximate surface area is 124 Å². The Morgan fingerprint density at radius 3 is 2.90 bits per heavy atom. The third-order valence-electron chi connectivity index (χ3n) is 2.87. The number of hydrogen-bond donors (Lipinski definition) is 3. The van der Waals surface area contributed by atoms with E-state index in [2.05, 4.69) is 32.0 Å².